The number of nitrogens with zero attached hydrogens (tertiary/aromatic N) is 4. The van der Waals surface area contributed by atoms with Gasteiger partial charge in [0, 0.05) is 41.5 Å². The first-order chi connectivity index (χ1) is 15.1. The Morgan fingerprint density at radius 1 is 1.50 bits per heavy atom. The molecule has 1 saturated heterocycles. The number of carbonyl (C=O) groups is 1. The highest BCUT2D eigenvalue weighted by Crippen LogP contribution is 2.32. The first kappa shape index (κ1) is 23.7. The van der Waals surface area contributed by atoms with E-state index in [0.29, 0.717) is 40.9 Å². The van der Waals surface area contributed by atoms with Crippen LogP contribution < -0.4 is 5.32 Å². The van der Waals surface area contributed by atoms with E-state index < -0.39 is 11.4 Å². The van der Waals surface area contributed by atoms with Gasteiger partial charge in [0.1, 0.15) is 11.4 Å². The molecule has 0 radical (unpaired) electrons. The summed E-state index contributed by atoms with van der Waals surface area (Å²) in [6.07, 6.45) is 5.68. The van der Waals surface area contributed by atoms with Gasteiger partial charge >= 0.3 is 6.09 Å². The monoisotopic (exact) mass is 462 g/mol. The van der Waals surface area contributed by atoms with Gasteiger partial charge in [-0.25, -0.2) is 24.1 Å². The highest BCUT2D eigenvalue weighted by molar-refractivity contribution is 6.31. The van der Waals surface area contributed by atoms with Crippen molar-refractivity contribution < 1.29 is 13.9 Å². The van der Waals surface area contributed by atoms with Gasteiger partial charge in [0.05, 0.1) is 6.20 Å². The van der Waals surface area contributed by atoms with Crippen LogP contribution >= 0.6 is 11.6 Å². The number of nitrogens with one attached hydrogen (secondary N) is 2. The van der Waals surface area contributed by atoms with Crippen molar-refractivity contribution in [3.63, 3.8) is 0 Å². The molecule has 3 heterocycles. The van der Waals surface area contributed by atoms with Gasteiger partial charge < -0.3 is 19.9 Å². The maximum Gasteiger partial charge on any atom is 0.410 e. The molecule has 0 saturated carbocycles. The van der Waals surface area contributed by atoms with Crippen molar-refractivity contribution in [3.05, 3.63) is 28.8 Å². The minimum Gasteiger partial charge on any atom is -0.444 e. The van der Waals surface area contributed by atoms with E-state index in [2.05, 4.69) is 32.0 Å². The number of allylic oxidation sites excluding steroid dienone is 1. The summed E-state index contributed by atoms with van der Waals surface area (Å²) in [5, 5.41) is 3.67. The smallest absolute Gasteiger partial charge is 0.410 e. The average Bonchev–Trinajstić information content (AvgIpc) is 3.10. The van der Waals surface area contributed by atoms with Crippen molar-refractivity contribution in [1.29, 1.82) is 0 Å². The lowest BCUT2D eigenvalue weighted by molar-refractivity contribution is 0.0206. The van der Waals surface area contributed by atoms with E-state index in [9.17, 15) is 9.18 Å². The Morgan fingerprint density at radius 2 is 2.25 bits per heavy atom. The lowest BCUT2D eigenvalue weighted by atomic mass is 10.1. The van der Waals surface area contributed by atoms with Gasteiger partial charge in [0.2, 0.25) is 0 Å². The predicted molar refractivity (Wildman–Crippen MR) is 125 cm³/mol. The molecule has 1 amide bonds. The van der Waals surface area contributed by atoms with Crippen molar-refractivity contribution in [1.82, 2.24) is 19.9 Å². The minimum atomic E-state index is -0.577. The third-order valence-electron chi connectivity index (χ3n) is 4.80. The normalized spacial score (nSPS) is 17.2. The molecule has 0 unspecified atom stereocenters. The molecule has 2 N–H and O–H groups in total. The number of anilines is 1. The highest BCUT2D eigenvalue weighted by atomic mass is 35.5. The van der Waals surface area contributed by atoms with Crippen LogP contribution in [0.3, 0.4) is 0 Å². The van der Waals surface area contributed by atoms with Crippen molar-refractivity contribution in [3.8, 4) is 11.4 Å². The van der Waals surface area contributed by atoms with Crippen molar-refractivity contribution in [2.75, 3.05) is 18.4 Å². The van der Waals surface area contributed by atoms with Crippen LogP contribution in [-0.2, 0) is 4.74 Å². The summed E-state index contributed by atoms with van der Waals surface area (Å²) >= 11 is 6.05. The number of hydrogen-bond acceptors (Lipinski definition) is 6. The molecule has 0 spiro atoms. The fraction of sp³-hybridized carbons (Fsp3) is 0.455. The number of H-pyrrole nitrogens is 1. The molecule has 1 atom stereocenters. The maximum absolute atomic E-state index is 14.5. The van der Waals surface area contributed by atoms with Crippen molar-refractivity contribution in [2.24, 2.45) is 4.99 Å². The number of piperidine rings is 1. The summed E-state index contributed by atoms with van der Waals surface area (Å²) in [6, 6.07) is -0.172. The Balaban J connectivity index is 1.82. The van der Waals surface area contributed by atoms with E-state index in [4.69, 9.17) is 16.3 Å². The van der Waals surface area contributed by atoms with E-state index in [1.165, 1.54) is 0 Å². The molecule has 0 aliphatic carbocycles. The zero-order valence-corrected chi connectivity index (χ0v) is 19.5. The fourth-order valence-electron chi connectivity index (χ4n) is 3.46. The van der Waals surface area contributed by atoms with Crippen LogP contribution in [0.5, 0.6) is 0 Å². The third-order valence-corrected chi connectivity index (χ3v) is 4.91. The van der Waals surface area contributed by atoms with E-state index in [0.717, 1.165) is 19.0 Å². The number of aliphatic imine (C=N–C) groups is 1. The second-order valence-corrected chi connectivity index (χ2v) is 9.25. The number of aromatic amines is 1. The Kier molecular flexibility index (Phi) is 7.18. The Morgan fingerprint density at radius 3 is 2.91 bits per heavy atom. The molecule has 0 bridgehead atoms. The first-order valence-electron chi connectivity index (χ1n) is 10.4. The largest absolute Gasteiger partial charge is 0.444 e. The van der Waals surface area contributed by atoms with Crippen LogP contribution in [0.4, 0.5) is 20.8 Å². The second-order valence-electron chi connectivity index (χ2n) is 8.65. The number of halogens is 2. The van der Waals surface area contributed by atoms with Crippen LogP contribution in [0.2, 0.25) is 0 Å². The van der Waals surface area contributed by atoms with E-state index in [1.807, 2.05) is 20.8 Å². The summed E-state index contributed by atoms with van der Waals surface area (Å²) in [7, 11) is 0. The van der Waals surface area contributed by atoms with Crippen molar-refractivity contribution in [2.45, 2.75) is 52.2 Å². The fourth-order valence-corrected chi connectivity index (χ4v) is 3.57. The topological polar surface area (TPSA) is 95.5 Å². The van der Waals surface area contributed by atoms with Crippen LogP contribution in [0.15, 0.2) is 22.4 Å². The standard InChI is InChI=1S/C22H28ClFN6O2/c1-13(23)9-15-16(10-26-18(15)25-5)19-27-11-17(24)20(29-19)28-14-7-6-8-30(12-14)21(31)32-22(2,3)4/h9-11,14,26H,5-8,12H2,1-4H3,(H,27,28,29)/b13-9+/t14-/m0/s1. The van der Waals surface area contributed by atoms with Gasteiger partial charge in [-0.2, -0.15) is 0 Å². The molecule has 3 rings (SSSR count). The Labute approximate surface area is 191 Å². The minimum absolute atomic E-state index is 0.0675. The van der Waals surface area contributed by atoms with Crippen LogP contribution in [0, 0.1) is 5.82 Å². The second kappa shape index (κ2) is 9.68. The molecule has 1 aliphatic heterocycles. The summed E-state index contributed by atoms with van der Waals surface area (Å²) in [6.45, 7) is 11.8. The molecule has 32 heavy (non-hydrogen) atoms. The number of ether oxygens (including phenoxy) is 1. The number of aromatic nitrogens is 3. The lowest BCUT2D eigenvalue weighted by Gasteiger charge is -2.34. The predicted octanol–water partition coefficient (Wildman–Crippen LogP) is 5.35. The highest BCUT2D eigenvalue weighted by Gasteiger charge is 2.28. The number of carbonyl (C=O) groups excluding carboxylic acids is 1. The summed E-state index contributed by atoms with van der Waals surface area (Å²) in [4.78, 5) is 29.5. The summed E-state index contributed by atoms with van der Waals surface area (Å²) < 4.78 is 20.0. The number of rotatable bonds is 5. The van der Waals surface area contributed by atoms with Gasteiger partial charge in [-0.15, -0.1) is 0 Å². The van der Waals surface area contributed by atoms with Gasteiger partial charge in [0.15, 0.2) is 17.5 Å². The molecule has 1 aliphatic rings. The lowest BCUT2D eigenvalue weighted by Crippen LogP contribution is -2.47. The number of likely N-dealkylation sites (tertiary alicyclic amines) is 1. The van der Waals surface area contributed by atoms with Gasteiger partial charge in [0.25, 0.3) is 0 Å². The molecule has 10 heteroatoms. The molecule has 2 aromatic rings. The SMILES string of the molecule is C=Nc1[nH]cc(-c2ncc(F)c(N[C@H]3CCCN(C(=O)OC(C)(C)C)C3)n2)c1/C=C(\C)Cl. The molecule has 172 valence electrons. The third kappa shape index (κ3) is 5.85. The molecule has 2 aromatic heterocycles. The molecule has 0 aromatic carbocycles. The summed E-state index contributed by atoms with van der Waals surface area (Å²) in [5.74, 6) is 0.316. The Hall–Kier alpha value is -2.94. The molecule has 8 nitrogen and oxygen atoms in total. The maximum atomic E-state index is 14.5. The number of hydrogen-bond donors (Lipinski definition) is 2. The zero-order chi connectivity index (χ0) is 23.5. The average molecular weight is 463 g/mol. The zero-order valence-electron chi connectivity index (χ0n) is 18.7. The quantitative estimate of drug-likeness (QED) is 0.583. The van der Waals surface area contributed by atoms with Gasteiger partial charge in [-0.3, -0.25) is 0 Å². The van der Waals surface area contributed by atoms with Crippen LogP contribution in [0.25, 0.3) is 17.5 Å². The van der Waals surface area contributed by atoms with Gasteiger partial charge in [-0.1, -0.05) is 11.6 Å². The van der Waals surface area contributed by atoms with Crippen LogP contribution in [-0.4, -0.2) is 57.4 Å². The van der Waals surface area contributed by atoms with Crippen LogP contribution in [0.1, 0.15) is 46.1 Å². The van der Waals surface area contributed by atoms with E-state index in [-0.39, 0.29) is 18.0 Å². The van der Waals surface area contributed by atoms with Crippen molar-refractivity contribution >= 4 is 42.1 Å². The van der Waals surface area contributed by atoms with Gasteiger partial charge in [-0.05, 0) is 53.3 Å². The Bertz CT molecular complexity index is 1030. The molecular weight excluding hydrogens is 435 g/mol. The molecule has 1 fully saturated rings. The van der Waals surface area contributed by atoms with E-state index in [1.54, 1.807) is 24.1 Å². The summed E-state index contributed by atoms with van der Waals surface area (Å²) in [5.41, 5.74) is 0.710. The first-order valence-corrected chi connectivity index (χ1v) is 10.7. The van der Waals surface area contributed by atoms with E-state index >= 15 is 0 Å². The number of amides is 1. The molecular formula is C22H28ClFN6O2.